The third kappa shape index (κ3) is 6.26. The van der Waals surface area contributed by atoms with Crippen LogP contribution < -0.4 is 5.32 Å². The van der Waals surface area contributed by atoms with Crippen molar-refractivity contribution in [3.05, 3.63) is 34.3 Å². The average molecular weight is 372 g/mol. The first-order valence-corrected chi connectivity index (χ1v) is 7.39. The summed E-state index contributed by atoms with van der Waals surface area (Å²) >= 11 is 3.25. The Labute approximate surface area is 137 Å². The van der Waals surface area contributed by atoms with Crippen molar-refractivity contribution in [2.45, 2.75) is 38.8 Å². The maximum Gasteiger partial charge on any atom is 0.408 e. The van der Waals surface area contributed by atoms with Gasteiger partial charge in [0.25, 0.3) is 0 Å². The number of carboxylic acid groups (broad SMARTS) is 1. The predicted octanol–water partition coefficient (Wildman–Crippen LogP) is 3.00. The van der Waals surface area contributed by atoms with Crippen molar-refractivity contribution in [1.82, 2.24) is 5.32 Å². The summed E-state index contributed by atoms with van der Waals surface area (Å²) in [6.45, 7) is 4.99. The van der Waals surface area contributed by atoms with Crippen LogP contribution in [0.5, 0.6) is 0 Å². The van der Waals surface area contributed by atoms with Gasteiger partial charge in [-0.25, -0.2) is 9.59 Å². The molecule has 0 saturated heterocycles. The van der Waals surface area contributed by atoms with Crippen LogP contribution in [0.1, 0.15) is 37.6 Å². The van der Waals surface area contributed by atoms with E-state index in [1.807, 2.05) is 0 Å². The van der Waals surface area contributed by atoms with Crippen molar-refractivity contribution < 1.29 is 24.2 Å². The Bertz CT molecular complexity index is 562. The molecule has 1 amide bonds. The lowest BCUT2D eigenvalue weighted by atomic mass is 10.0. The Balaban J connectivity index is 2.72. The number of amides is 1. The highest BCUT2D eigenvalue weighted by Crippen LogP contribution is 2.13. The van der Waals surface area contributed by atoms with Crippen LogP contribution in [0.2, 0.25) is 0 Å². The number of Topliss-reactive ketones (excluding diaryl/α,β-unsaturated/α-hetero) is 1. The molecule has 0 aliphatic carbocycles. The van der Waals surface area contributed by atoms with E-state index in [0.717, 1.165) is 4.47 Å². The van der Waals surface area contributed by atoms with Gasteiger partial charge in [-0.1, -0.05) is 28.1 Å². The molecular formula is C15H18BrNO5. The third-order valence-corrected chi connectivity index (χ3v) is 3.07. The molecule has 7 heteroatoms. The fourth-order valence-corrected chi connectivity index (χ4v) is 1.85. The second-order valence-corrected chi connectivity index (χ2v) is 6.59. The van der Waals surface area contributed by atoms with Gasteiger partial charge in [-0.3, -0.25) is 4.79 Å². The van der Waals surface area contributed by atoms with E-state index < -0.39 is 23.7 Å². The summed E-state index contributed by atoms with van der Waals surface area (Å²) in [5.74, 6) is -1.67. The van der Waals surface area contributed by atoms with Crippen LogP contribution in [-0.4, -0.2) is 34.6 Å². The summed E-state index contributed by atoms with van der Waals surface area (Å²) < 4.78 is 5.80. The number of nitrogens with one attached hydrogen (secondary N) is 1. The Morgan fingerprint density at radius 3 is 2.23 bits per heavy atom. The van der Waals surface area contributed by atoms with Crippen LogP contribution in [0.25, 0.3) is 0 Å². The van der Waals surface area contributed by atoms with Crippen molar-refractivity contribution in [3.63, 3.8) is 0 Å². The molecule has 1 aromatic rings. The quantitative estimate of drug-likeness (QED) is 0.776. The average Bonchev–Trinajstić information content (AvgIpc) is 2.36. The van der Waals surface area contributed by atoms with Gasteiger partial charge in [0.2, 0.25) is 0 Å². The molecule has 0 aromatic heterocycles. The minimum atomic E-state index is -1.34. The summed E-state index contributed by atoms with van der Waals surface area (Å²) in [4.78, 5) is 34.9. The number of rotatable bonds is 5. The zero-order chi connectivity index (χ0) is 16.9. The van der Waals surface area contributed by atoms with E-state index in [9.17, 15) is 14.4 Å². The Hall–Kier alpha value is -1.89. The molecule has 0 spiro atoms. The topological polar surface area (TPSA) is 92.7 Å². The lowest BCUT2D eigenvalue weighted by Crippen LogP contribution is -2.44. The van der Waals surface area contributed by atoms with Gasteiger partial charge in [0.15, 0.2) is 5.78 Å². The van der Waals surface area contributed by atoms with Gasteiger partial charge in [0.1, 0.15) is 11.6 Å². The molecule has 0 bridgehead atoms. The number of carbonyl (C=O) groups is 3. The van der Waals surface area contributed by atoms with E-state index >= 15 is 0 Å². The van der Waals surface area contributed by atoms with E-state index in [0.29, 0.717) is 5.56 Å². The molecule has 1 atom stereocenters. The largest absolute Gasteiger partial charge is 0.480 e. The SMILES string of the molecule is CC(C)(C)OC(=O)NC(CC(=O)c1ccc(Br)cc1)C(=O)O. The molecule has 0 fully saturated rings. The van der Waals surface area contributed by atoms with Crippen molar-refractivity contribution in [1.29, 1.82) is 0 Å². The number of hydrogen-bond donors (Lipinski definition) is 2. The van der Waals surface area contributed by atoms with E-state index in [1.54, 1.807) is 45.0 Å². The first kappa shape index (κ1) is 18.2. The lowest BCUT2D eigenvalue weighted by molar-refractivity contribution is -0.139. The van der Waals surface area contributed by atoms with Gasteiger partial charge in [0.05, 0.1) is 0 Å². The number of carboxylic acids is 1. The molecule has 1 rings (SSSR count). The minimum absolute atomic E-state index is 0.351. The highest BCUT2D eigenvalue weighted by molar-refractivity contribution is 9.10. The summed E-state index contributed by atoms with van der Waals surface area (Å²) in [5.41, 5.74) is -0.372. The number of hydrogen-bond acceptors (Lipinski definition) is 4. The molecule has 1 unspecified atom stereocenters. The van der Waals surface area contributed by atoms with Gasteiger partial charge in [-0.15, -0.1) is 0 Å². The standard InChI is InChI=1S/C15H18BrNO5/c1-15(2,3)22-14(21)17-11(13(19)20)8-12(18)9-4-6-10(16)7-5-9/h4-7,11H,8H2,1-3H3,(H,17,21)(H,19,20). The smallest absolute Gasteiger partial charge is 0.408 e. The second-order valence-electron chi connectivity index (χ2n) is 5.67. The van der Waals surface area contributed by atoms with Crippen molar-refractivity contribution in [2.75, 3.05) is 0 Å². The van der Waals surface area contributed by atoms with Crippen LogP contribution in [0.3, 0.4) is 0 Å². The molecule has 1 aromatic carbocycles. The van der Waals surface area contributed by atoms with Crippen molar-refractivity contribution >= 4 is 33.8 Å². The van der Waals surface area contributed by atoms with Crippen LogP contribution in [0.15, 0.2) is 28.7 Å². The van der Waals surface area contributed by atoms with E-state index in [4.69, 9.17) is 9.84 Å². The summed E-state index contributed by atoms with van der Waals surface area (Å²) in [6, 6.07) is 5.19. The third-order valence-electron chi connectivity index (χ3n) is 2.54. The monoisotopic (exact) mass is 371 g/mol. The molecule has 0 aliphatic rings. The van der Waals surface area contributed by atoms with Gasteiger partial charge < -0.3 is 15.2 Å². The fourth-order valence-electron chi connectivity index (χ4n) is 1.59. The maximum absolute atomic E-state index is 12.1. The molecule has 120 valence electrons. The first-order valence-electron chi connectivity index (χ1n) is 6.59. The van der Waals surface area contributed by atoms with E-state index in [1.165, 1.54) is 0 Å². The van der Waals surface area contributed by atoms with Gasteiger partial charge in [-0.05, 0) is 32.9 Å². The molecule has 0 aliphatic heterocycles. The van der Waals surface area contributed by atoms with Crippen molar-refractivity contribution in [2.24, 2.45) is 0 Å². The first-order chi connectivity index (χ1) is 10.1. The molecule has 0 saturated carbocycles. The number of halogens is 1. The molecule has 6 nitrogen and oxygen atoms in total. The highest BCUT2D eigenvalue weighted by Gasteiger charge is 2.26. The Morgan fingerprint density at radius 1 is 1.23 bits per heavy atom. The number of aliphatic carboxylic acids is 1. The fraction of sp³-hybridized carbons (Fsp3) is 0.400. The van der Waals surface area contributed by atoms with Crippen LogP contribution in [-0.2, 0) is 9.53 Å². The minimum Gasteiger partial charge on any atom is -0.480 e. The number of ketones is 1. The van der Waals surface area contributed by atoms with Gasteiger partial charge in [-0.2, -0.15) is 0 Å². The van der Waals surface area contributed by atoms with E-state index in [2.05, 4.69) is 21.2 Å². The molecule has 22 heavy (non-hydrogen) atoms. The number of alkyl carbamates (subject to hydrolysis) is 1. The van der Waals surface area contributed by atoms with E-state index in [-0.39, 0.29) is 12.2 Å². The molecule has 2 N–H and O–H groups in total. The van der Waals surface area contributed by atoms with Crippen molar-refractivity contribution in [3.8, 4) is 0 Å². The summed E-state index contributed by atoms with van der Waals surface area (Å²) in [5, 5.41) is 11.3. The molecule has 0 heterocycles. The number of ether oxygens (including phenoxy) is 1. The Kier molecular flexibility index (Phi) is 6.11. The molecule has 0 radical (unpaired) electrons. The Morgan fingerprint density at radius 2 is 1.77 bits per heavy atom. The number of carbonyl (C=O) groups excluding carboxylic acids is 2. The zero-order valence-electron chi connectivity index (χ0n) is 12.6. The highest BCUT2D eigenvalue weighted by atomic mass is 79.9. The van der Waals surface area contributed by atoms with Gasteiger partial charge in [0, 0.05) is 16.5 Å². The van der Waals surface area contributed by atoms with Gasteiger partial charge >= 0.3 is 12.1 Å². The second kappa shape index (κ2) is 7.40. The zero-order valence-corrected chi connectivity index (χ0v) is 14.1. The predicted molar refractivity (Wildman–Crippen MR) is 83.9 cm³/mol. The summed E-state index contributed by atoms with van der Waals surface area (Å²) in [6.07, 6.45) is -1.22. The van der Waals surface area contributed by atoms with Crippen LogP contribution >= 0.6 is 15.9 Å². The number of benzene rings is 1. The lowest BCUT2D eigenvalue weighted by Gasteiger charge is -2.21. The normalized spacial score (nSPS) is 12.4. The van der Waals surface area contributed by atoms with Crippen LogP contribution in [0.4, 0.5) is 4.79 Å². The molecular weight excluding hydrogens is 354 g/mol. The van der Waals surface area contributed by atoms with Crippen LogP contribution in [0, 0.1) is 0 Å². The summed E-state index contributed by atoms with van der Waals surface area (Å²) in [7, 11) is 0. The maximum atomic E-state index is 12.1.